The van der Waals surface area contributed by atoms with Crippen molar-refractivity contribution in [1.29, 1.82) is 0 Å². The van der Waals surface area contributed by atoms with Crippen molar-refractivity contribution in [3.05, 3.63) is 58.3 Å². The van der Waals surface area contributed by atoms with Gasteiger partial charge in [0.05, 0.1) is 13.1 Å². The van der Waals surface area contributed by atoms with E-state index in [9.17, 15) is 9.59 Å². The van der Waals surface area contributed by atoms with E-state index in [4.69, 9.17) is 4.74 Å². The Morgan fingerprint density at radius 1 is 1.06 bits per heavy atom. The Labute approximate surface area is 225 Å². The zero-order valence-electron chi connectivity index (χ0n) is 22.0. The first-order valence-electron chi connectivity index (χ1n) is 13.5. The summed E-state index contributed by atoms with van der Waals surface area (Å²) in [6.45, 7) is 7.29. The van der Waals surface area contributed by atoms with E-state index in [2.05, 4.69) is 68.0 Å². The van der Waals surface area contributed by atoms with Crippen LogP contribution < -0.4 is 0 Å². The zero-order valence-corrected chi connectivity index (χ0v) is 23.5. The van der Waals surface area contributed by atoms with Crippen molar-refractivity contribution in [3.8, 4) is 0 Å². The number of nitrogens with zero attached hydrogens (tertiary/aromatic N) is 3. The average Bonchev–Trinajstić information content (AvgIpc) is 3.32. The minimum absolute atomic E-state index is 0.0548. The number of hydrogen-bond donors (Lipinski definition) is 0. The number of benzene rings is 1. The molecular formula is C29H42BrN3O3. The molecule has 0 aliphatic heterocycles. The molecule has 0 radical (unpaired) electrons. The Morgan fingerprint density at radius 3 is 2.50 bits per heavy atom. The number of hydrogen-bond acceptors (Lipinski definition) is 3. The van der Waals surface area contributed by atoms with E-state index in [1.165, 1.54) is 12.0 Å². The standard InChI is InChI=1S/C29H42BrN3O3/c1-3-10-28(34)32(19-9-20-36-4-2)23-29(35)33(26-11-6-5-7-12-26)22-27-13-8-18-31(27)21-24-14-16-25(30)17-15-24/h8,13-18,26H,3-7,9-12,19-23H2,1-2H3. The lowest BCUT2D eigenvalue weighted by molar-refractivity contribution is -0.143. The second kappa shape index (κ2) is 15.2. The van der Waals surface area contributed by atoms with Crippen LogP contribution in [0.5, 0.6) is 0 Å². The van der Waals surface area contributed by atoms with Gasteiger partial charge in [-0.05, 0) is 62.4 Å². The molecule has 1 fully saturated rings. The van der Waals surface area contributed by atoms with Crippen molar-refractivity contribution in [3.63, 3.8) is 0 Å². The second-order valence-corrected chi connectivity index (χ2v) is 10.6. The van der Waals surface area contributed by atoms with Crippen LogP contribution in [0.1, 0.15) is 76.5 Å². The molecule has 0 atom stereocenters. The number of amides is 2. The van der Waals surface area contributed by atoms with Gasteiger partial charge in [0.15, 0.2) is 0 Å². The first-order chi connectivity index (χ1) is 17.5. The normalized spacial score (nSPS) is 14.1. The van der Waals surface area contributed by atoms with Crippen LogP contribution in [-0.4, -0.2) is 58.5 Å². The predicted molar refractivity (Wildman–Crippen MR) is 148 cm³/mol. The van der Waals surface area contributed by atoms with E-state index in [0.29, 0.717) is 32.7 Å². The van der Waals surface area contributed by atoms with E-state index >= 15 is 0 Å². The molecule has 2 aromatic rings. The molecule has 1 saturated carbocycles. The summed E-state index contributed by atoms with van der Waals surface area (Å²) in [5, 5.41) is 0. The Bertz CT molecular complexity index is 937. The molecule has 1 aliphatic carbocycles. The van der Waals surface area contributed by atoms with Crippen LogP contribution >= 0.6 is 15.9 Å². The van der Waals surface area contributed by atoms with Crippen molar-refractivity contribution in [2.24, 2.45) is 0 Å². The minimum Gasteiger partial charge on any atom is -0.382 e. The fourth-order valence-electron chi connectivity index (χ4n) is 4.94. The molecule has 36 heavy (non-hydrogen) atoms. The van der Waals surface area contributed by atoms with Gasteiger partial charge >= 0.3 is 0 Å². The lowest BCUT2D eigenvalue weighted by atomic mass is 9.94. The highest BCUT2D eigenvalue weighted by molar-refractivity contribution is 9.10. The number of carbonyl (C=O) groups is 2. The molecule has 1 heterocycles. The number of aromatic nitrogens is 1. The third-order valence-corrected chi connectivity index (χ3v) is 7.45. The zero-order chi connectivity index (χ0) is 25.8. The maximum Gasteiger partial charge on any atom is 0.242 e. The predicted octanol–water partition coefficient (Wildman–Crippen LogP) is 6.02. The highest BCUT2D eigenvalue weighted by Crippen LogP contribution is 2.25. The van der Waals surface area contributed by atoms with Gasteiger partial charge in [-0.2, -0.15) is 0 Å². The molecule has 1 aromatic carbocycles. The van der Waals surface area contributed by atoms with Crippen LogP contribution in [0.2, 0.25) is 0 Å². The van der Waals surface area contributed by atoms with Gasteiger partial charge in [-0.15, -0.1) is 0 Å². The van der Waals surface area contributed by atoms with Gasteiger partial charge in [0.2, 0.25) is 11.8 Å². The van der Waals surface area contributed by atoms with Crippen molar-refractivity contribution in [2.45, 2.75) is 84.3 Å². The Kier molecular flexibility index (Phi) is 12.0. The number of ether oxygens (including phenoxy) is 1. The average molecular weight is 561 g/mol. The molecule has 3 rings (SSSR count). The molecule has 6 nitrogen and oxygen atoms in total. The van der Waals surface area contributed by atoms with Crippen LogP contribution in [0.15, 0.2) is 47.1 Å². The van der Waals surface area contributed by atoms with Crippen LogP contribution in [0.4, 0.5) is 0 Å². The largest absolute Gasteiger partial charge is 0.382 e. The molecule has 0 bridgehead atoms. The molecule has 0 saturated heterocycles. The highest BCUT2D eigenvalue weighted by atomic mass is 79.9. The molecule has 1 aliphatic rings. The monoisotopic (exact) mass is 559 g/mol. The summed E-state index contributed by atoms with van der Waals surface area (Å²) in [5.74, 6) is 0.115. The van der Waals surface area contributed by atoms with Crippen molar-refractivity contribution >= 4 is 27.7 Å². The maximum absolute atomic E-state index is 13.8. The highest BCUT2D eigenvalue weighted by Gasteiger charge is 2.28. The minimum atomic E-state index is 0.0548. The fraction of sp³-hybridized carbons (Fsp3) is 0.586. The second-order valence-electron chi connectivity index (χ2n) is 9.68. The third-order valence-electron chi connectivity index (χ3n) is 6.92. The summed E-state index contributed by atoms with van der Waals surface area (Å²) >= 11 is 3.51. The van der Waals surface area contributed by atoms with Crippen LogP contribution in [0.25, 0.3) is 0 Å². The quantitative estimate of drug-likeness (QED) is 0.266. The maximum atomic E-state index is 13.8. The lowest BCUT2D eigenvalue weighted by Gasteiger charge is -2.36. The lowest BCUT2D eigenvalue weighted by Crippen LogP contribution is -2.47. The molecular weight excluding hydrogens is 518 g/mol. The van der Waals surface area contributed by atoms with Crippen molar-refractivity contribution in [1.82, 2.24) is 14.4 Å². The Morgan fingerprint density at radius 2 is 1.81 bits per heavy atom. The summed E-state index contributed by atoms with van der Waals surface area (Å²) < 4.78 is 8.77. The number of carbonyl (C=O) groups excluding carboxylic acids is 2. The van der Waals surface area contributed by atoms with Gasteiger partial charge in [0, 0.05) is 55.1 Å². The summed E-state index contributed by atoms with van der Waals surface area (Å²) in [6, 6.07) is 12.8. The molecule has 0 spiro atoms. The van der Waals surface area contributed by atoms with E-state index < -0.39 is 0 Å². The first kappa shape index (κ1) is 28.5. The summed E-state index contributed by atoms with van der Waals surface area (Å²) in [6.07, 6.45) is 9.70. The van der Waals surface area contributed by atoms with E-state index in [1.807, 2.05) is 13.8 Å². The first-order valence-corrected chi connectivity index (χ1v) is 14.3. The Hall–Kier alpha value is -2.12. The van der Waals surface area contributed by atoms with Gasteiger partial charge in [0.25, 0.3) is 0 Å². The molecule has 2 amide bonds. The molecule has 0 N–H and O–H groups in total. The number of rotatable bonds is 14. The van der Waals surface area contributed by atoms with E-state index in [1.54, 1.807) is 4.90 Å². The summed E-state index contributed by atoms with van der Waals surface area (Å²) in [4.78, 5) is 30.4. The van der Waals surface area contributed by atoms with Gasteiger partial charge in [0.1, 0.15) is 0 Å². The van der Waals surface area contributed by atoms with Crippen molar-refractivity contribution < 1.29 is 14.3 Å². The summed E-state index contributed by atoms with van der Waals surface area (Å²) in [5.41, 5.74) is 2.34. The van der Waals surface area contributed by atoms with Gasteiger partial charge in [-0.1, -0.05) is 54.2 Å². The van der Waals surface area contributed by atoms with Crippen molar-refractivity contribution in [2.75, 3.05) is 26.3 Å². The fourth-order valence-corrected chi connectivity index (χ4v) is 5.21. The topological polar surface area (TPSA) is 54.8 Å². The van der Waals surface area contributed by atoms with E-state index in [0.717, 1.165) is 55.2 Å². The van der Waals surface area contributed by atoms with Gasteiger partial charge in [-0.3, -0.25) is 9.59 Å². The smallest absolute Gasteiger partial charge is 0.242 e. The van der Waals surface area contributed by atoms with Crippen LogP contribution in [0.3, 0.4) is 0 Å². The van der Waals surface area contributed by atoms with Gasteiger partial charge < -0.3 is 19.1 Å². The van der Waals surface area contributed by atoms with Crippen LogP contribution in [0, 0.1) is 0 Å². The summed E-state index contributed by atoms with van der Waals surface area (Å²) in [7, 11) is 0. The molecule has 198 valence electrons. The Balaban J connectivity index is 1.74. The molecule has 1 aromatic heterocycles. The van der Waals surface area contributed by atoms with Gasteiger partial charge in [-0.25, -0.2) is 0 Å². The number of halogens is 1. The molecule has 7 heteroatoms. The SMILES string of the molecule is CCCC(=O)N(CCCOCC)CC(=O)N(Cc1cccn1Cc1ccc(Br)cc1)C1CCCCC1. The third kappa shape index (κ3) is 8.77. The van der Waals surface area contributed by atoms with E-state index in [-0.39, 0.29) is 24.4 Å². The van der Waals surface area contributed by atoms with Crippen LogP contribution in [-0.2, 0) is 27.4 Å². The molecule has 0 unspecified atom stereocenters.